The van der Waals surface area contributed by atoms with Gasteiger partial charge in [-0.1, -0.05) is 91.0 Å². The number of hydrogen-bond donors (Lipinski definition) is 0. The molecule has 0 spiro atoms. The number of nitrogens with zero attached hydrogens (tertiary/aromatic N) is 2. The Balaban J connectivity index is 1.66. The molecule has 152 valence electrons. The van der Waals surface area contributed by atoms with E-state index in [2.05, 4.69) is 0 Å². The van der Waals surface area contributed by atoms with Crippen LogP contribution in [-0.4, -0.2) is 41.2 Å². The Morgan fingerprint density at radius 3 is 1.77 bits per heavy atom. The largest absolute Gasteiger partial charge is 0.338 e. The van der Waals surface area contributed by atoms with Gasteiger partial charge in [0.1, 0.15) is 0 Å². The highest BCUT2D eigenvalue weighted by molar-refractivity contribution is 5.87. The molecule has 4 nitrogen and oxygen atoms in total. The maximum absolute atomic E-state index is 13.8. The van der Waals surface area contributed by atoms with Crippen LogP contribution in [0.2, 0.25) is 0 Å². The molecule has 2 amide bonds. The van der Waals surface area contributed by atoms with Crippen molar-refractivity contribution in [3.05, 3.63) is 108 Å². The predicted molar refractivity (Wildman–Crippen MR) is 118 cm³/mol. The van der Waals surface area contributed by atoms with Gasteiger partial charge in [-0.05, 0) is 16.7 Å². The highest BCUT2D eigenvalue weighted by atomic mass is 16.2. The molecular formula is C26H26N2O2. The van der Waals surface area contributed by atoms with Crippen LogP contribution in [0.5, 0.6) is 0 Å². The molecule has 0 radical (unpaired) electrons. The van der Waals surface area contributed by atoms with E-state index in [9.17, 15) is 9.59 Å². The van der Waals surface area contributed by atoms with E-state index in [1.807, 2.05) is 101 Å². The molecule has 4 rings (SSSR count). The SMILES string of the molecule is CC(=O)N1CCN(C(=O)C(c2ccccc2)c2ccccc2)CC1c1ccccc1. The van der Waals surface area contributed by atoms with Crippen molar-refractivity contribution in [2.45, 2.75) is 18.9 Å². The van der Waals surface area contributed by atoms with Gasteiger partial charge in [0.2, 0.25) is 11.8 Å². The molecule has 0 aliphatic carbocycles. The molecule has 0 bridgehead atoms. The molecule has 1 unspecified atom stereocenters. The Kier molecular flexibility index (Phi) is 5.94. The van der Waals surface area contributed by atoms with E-state index < -0.39 is 0 Å². The third-order valence-corrected chi connectivity index (χ3v) is 5.79. The monoisotopic (exact) mass is 398 g/mol. The molecule has 1 aliphatic rings. The fraction of sp³-hybridized carbons (Fsp3) is 0.231. The number of piperazine rings is 1. The first-order valence-electron chi connectivity index (χ1n) is 10.4. The lowest BCUT2D eigenvalue weighted by atomic mass is 9.89. The lowest BCUT2D eigenvalue weighted by Crippen LogP contribution is -2.52. The van der Waals surface area contributed by atoms with Crippen molar-refractivity contribution < 1.29 is 9.59 Å². The Bertz CT molecular complexity index is 950. The van der Waals surface area contributed by atoms with Gasteiger partial charge in [-0.2, -0.15) is 0 Å². The molecule has 0 aromatic heterocycles. The van der Waals surface area contributed by atoms with Crippen LogP contribution >= 0.6 is 0 Å². The van der Waals surface area contributed by atoms with Crippen molar-refractivity contribution in [3.63, 3.8) is 0 Å². The van der Waals surface area contributed by atoms with Gasteiger partial charge in [0.15, 0.2) is 0 Å². The molecule has 0 saturated carbocycles. The van der Waals surface area contributed by atoms with Crippen LogP contribution in [0.4, 0.5) is 0 Å². The van der Waals surface area contributed by atoms with Crippen molar-refractivity contribution in [3.8, 4) is 0 Å². The molecule has 1 atom stereocenters. The standard InChI is InChI=1S/C26H26N2O2/c1-20(29)28-18-17-27(19-24(28)21-11-5-2-6-12-21)26(30)25(22-13-7-3-8-14-22)23-15-9-4-10-16-23/h2-16,24-25H,17-19H2,1H3. The molecule has 1 aliphatic heterocycles. The summed E-state index contributed by atoms with van der Waals surface area (Å²) in [7, 11) is 0. The molecule has 3 aromatic carbocycles. The van der Waals surface area contributed by atoms with E-state index in [0.29, 0.717) is 19.6 Å². The second-order valence-electron chi connectivity index (χ2n) is 7.68. The van der Waals surface area contributed by atoms with Gasteiger partial charge >= 0.3 is 0 Å². The van der Waals surface area contributed by atoms with Gasteiger partial charge in [-0.3, -0.25) is 9.59 Å². The van der Waals surface area contributed by atoms with Gasteiger partial charge in [-0.25, -0.2) is 0 Å². The van der Waals surface area contributed by atoms with E-state index in [-0.39, 0.29) is 23.8 Å². The van der Waals surface area contributed by atoms with Crippen molar-refractivity contribution >= 4 is 11.8 Å². The van der Waals surface area contributed by atoms with E-state index in [1.54, 1.807) is 6.92 Å². The van der Waals surface area contributed by atoms with Gasteiger partial charge in [0.25, 0.3) is 0 Å². The fourth-order valence-corrected chi connectivity index (χ4v) is 4.27. The third kappa shape index (κ3) is 4.13. The Hall–Kier alpha value is -3.40. The summed E-state index contributed by atoms with van der Waals surface area (Å²) in [5.41, 5.74) is 3.03. The zero-order valence-electron chi connectivity index (χ0n) is 17.1. The summed E-state index contributed by atoms with van der Waals surface area (Å²) in [6.45, 7) is 3.18. The number of hydrogen-bond acceptors (Lipinski definition) is 2. The van der Waals surface area contributed by atoms with Crippen LogP contribution in [0.1, 0.15) is 35.6 Å². The number of carbonyl (C=O) groups is 2. The van der Waals surface area contributed by atoms with E-state index >= 15 is 0 Å². The van der Waals surface area contributed by atoms with Crippen molar-refractivity contribution in [2.24, 2.45) is 0 Å². The summed E-state index contributed by atoms with van der Waals surface area (Å²) in [5, 5.41) is 0. The van der Waals surface area contributed by atoms with Crippen LogP contribution < -0.4 is 0 Å². The average molecular weight is 399 g/mol. The van der Waals surface area contributed by atoms with Crippen LogP contribution in [0, 0.1) is 0 Å². The van der Waals surface area contributed by atoms with Crippen LogP contribution in [0.25, 0.3) is 0 Å². The Labute approximate surface area is 177 Å². The van der Waals surface area contributed by atoms with Gasteiger partial charge in [0.05, 0.1) is 12.0 Å². The second-order valence-corrected chi connectivity index (χ2v) is 7.68. The third-order valence-electron chi connectivity index (χ3n) is 5.79. The summed E-state index contributed by atoms with van der Waals surface area (Å²) >= 11 is 0. The summed E-state index contributed by atoms with van der Waals surface area (Å²) in [4.78, 5) is 29.8. The zero-order chi connectivity index (χ0) is 20.9. The topological polar surface area (TPSA) is 40.6 Å². The minimum atomic E-state index is -0.354. The summed E-state index contributed by atoms with van der Waals surface area (Å²) < 4.78 is 0. The molecule has 1 saturated heterocycles. The van der Waals surface area contributed by atoms with Crippen LogP contribution in [0.15, 0.2) is 91.0 Å². The molecule has 4 heteroatoms. The lowest BCUT2D eigenvalue weighted by Gasteiger charge is -2.42. The first-order chi connectivity index (χ1) is 14.6. The number of carbonyl (C=O) groups excluding carboxylic acids is 2. The minimum absolute atomic E-state index is 0.0404. The highest BCUT2D eigenvalue weighted by Gasteiger charge is 2.35. The highest BCUT2D eigenvalue weighted by Crippen LogP contribution is 2.31. The predicted octanol–water partition coefficient (Wildman–Crippen LogP) is 4.25. The molecular weight excluding hydrogens is 372 g/mol. The number of rotatable bonds is 4. The summed E-state index contributed by atoms with van der Waals surface area (Å²) in [6, 6.07) is 29.7. The molecule has 1 fully saturated rings. The van der Waals surface area contributed by atoms with Gasteiger partial charge in [0, 0.05) is 26.6 Å². The van der Waals surface area contributed by atoms with Crippen LogP contribution in [0.3, 0.4) is 0 Å². The normalized spacial score (nSPS) is 16.5. The first kappa shape index (κ1) is 19.9. The Morgan fingerprint density at radius 2 is 1.27 bits per heavy atom. The quantitative estimate of drug-likeness (QED) is 0.659. The maximum Gasteiger partial charge on any atom is 0.234 e. The summed E-state index contributed by atoms with van der Waals surface area (Å²) in [6.07, 6.45) is 0. The fourth-order valence-electron chi connectivity index (χ4n) is 4.27. The van der Waals surface area contributed by atoms with E-state index in [4.69, 9.17) is 0 Å². The van der Waals surface area contributed by atoms with Crippen molar-refractivity contribution in [2.75, 3.05) is 19.6 Å². The molecule has 0 N–H and O–H groups in total. The zero-order valence-corrected chi connectivity index (χ0v) is 17.1. The molecule has 30 heavy (non-hydrogen) atoms. The second kappa shape index (κ2) is 8.95. The van der Waals surface area contributed by atoms with Gasteiger partial charge in [-0.15, -0.1) is 0 Å². The average Bonchev–Trinajstić information content (AvgIpc) is 2.81. The number of benzene rings is 3. The summed E-state index contributed by atoms with van der Waals surface area (Å²) in [5.74, 6) is -0.233. The Morgan fingerprint density at radius 1 is 0.767 bits per heavy atom. The van der Waals surface area contributed by atoms with Gasteiger partial charge < -0.3 is 9.80 Å². The maximum atomic E-state index is 13.8. The smallest absolute Gasteiger partial charge is 0.234 e. The lowest BCUT2D eigenvalue weighted by molar-refractivity contribution is -0.142. The molecule has 3 aromatic rings. The van der Waals surface area contributed by atoms with E-state index in [1.165, 1.54) is 0 Å². The van der Waals surface area contributed by atoms with Crippen molar-refractivity contribution in [1.29, 1.82) is 0 Å². The van der Waals surface area contributed by atoms with Crippen molar-refractivity contribution in [1.82, 2.24) is 9.80 Å². The first-order valence-corrected chi connectivity index (χ1v) is 10.4. The molecule has 1 heterocycles. The minimum Gasteiger partial charge on any atom is -0.338 e. The van der Waals surface area contributed by atoms with Crippen LogP contribution in [-0.2, 0) is 9.59 Å². The number of amides is 2. The van der Waals surface area contributed by atoms with E-state index in [0.717, 1.165) is 16.7 Å².